The van der Waals surface area contributed by atoms with Crippen LogP contribution in [0.1, 0.15) is 5.56 Å². The first-order valence-corrected chi connectivity index (χ1v) is 12.6. The summed E-state index contributed by atoms with van der Waals surface area (Å²) in [6, 6.07) is 17.5. The molecular weight excluding hydrogens is 496 g/mol. The van der Waals surface area contributed by atoms with E-state index in [9.17, 15) is 8.42 Å². The normalized spacial score (nSPS) is 11.3. The van der Waals surface area contributed by atoms with Crippen LogP contribution in [0, 0.1) is 0 Å². The van der Waals surface area contributed by atoms with Crippen LogP contribution in [0.3, 0.4) is 0 Å². The highest BCUT2D eigenvalue weighted by atomic mass is 32.2. The van der Waals surface area contributed by atoms with Gasteiger partial charge in [-0.1, -0.05) is 42.5 Å². The van der Waals surface area contributed by atoms with Gasteiger partial charge in [0.25, 0.3) is 15.9 Å². The van der Waals surface area contributed by atoms with Gasteiger partial charge in [0.2, 0.25) is 11.6 Å². The average molecular weight is 521 g/mol. The van der Waals surface area contributed by atoms with Crippen molar-refractivity contribution in [2.75, 3.05) is 25.0 Å². The van der Waals surface area contributed by atoms with Crippen molar-refractivity contribution in [3.63, 3.8) is 0 Å². The van der Waals surface area contributed by atoms with Gasteiger partial charge in [-0.3, -0.25) is 4.72 Å². The van der Waals surface area contributed by atoms with Crippen molar-refractivity contribution < 1.29 is 22.6 Å². The summed E-state index contributed by atoms with van der Waals surface area (Å²) in [5.41, 5.74) is 6.33. The molecule has 12 heteroatoms. The number of methoxy groups -OCH3 is 1. The smallest absolute Gasteiger partial charge is 0.263 e. The highest BCUT2D eigenvalue weighted by Crippen LogP contribution is 2.41. The number of sulfonamides is 1. The number of hydrogen-bond acceptors (Lipinski definition) is 10. The Balaban J connectivity index is 1.82. The zero-order chi connectivity index (χ0) is 26.1. The average Bonchev–Trinajstić information content (AvgIpc) is 2.93. The summed E-state index contributed by atoms with van der Waals surface area (Å²) in [5.74, 6) is 0.533. The van der Waals surface area contributed by atoms with E-state index in [-0.39, 0.29) is 48.0 Å². The van der Waals surface area contributed by atoms with E-state index < -0.39 is 10.0 Å². The first kappa shape index (κ1) is 25.5. The van der Waals surface area contributed by atoms with Crippen molar-refractivity contribution in [2.45, 2.75) is 0 Å². The monoisotopic (exact) mass is 520 g/mol. The molecule has 0 spiro atoms. The minimum atomic E-state index is -4.05. The number of nitrogens with one attached hydrogen (secondary N) is 1. The second kappa shape index (κ2) is 11.9. The van der Waals surface area contributed by atoms with E-state index in [1.54, 1.807) is 54.6 Å². The first-order valence-electron chi connectivity index (χ1n) is 11.1. The number of anilines is 1. The maximum absolute atomic E-state index is 13.0. The molecule has 2 aromatic carbocycles. The van der Waals surface area contributed by atoms with Crippen molar-refractivity contribution in [2.24, 2.45) is 5.73 Å². The third-order valence-electron chi connectivity index (χ3n) is 4.72. The molecule has 0 fully saturated rings. The summed E-state index contributed by atoms with van der Waals surface area (Å²) >= 11 is 0. The first-order chi connectivity index (χ1) is 18.0. The predicted molar refractivity (Wildman–Crippen MR) is 139 cm³/mol. The van der Waals surface area contributed by atoms with Gasteiger partial charge in [0.1, 0.15) is 6.61 Å². The molecule has 0 atom stereocenters. The summed E-state index contributed by atoms with van der Waals surface area (Å²) in [7, 11) is -2.57. The van der Waals surface area contributed by atoms with Crippen LogP contribution in [0.5, 0.6) is 23.1 Å². The van der Waals surface area contributed by atoms with Gasteiger partial charge < -0.3 is 19.9 Å². The fraction of sp³-hybridized carbons (Fsp3) is 0.120. The van der Waals surface area contributed by atoms with E-state index in [1.807, 2.05) is 6.07 Å². The Bertz CT molecular complexity index is 1470. The molecule has 0 unspecified atom stereocenters. The van der Waals surface area contributed by atoms with Crippen LogP contribution in [-0.4, -0.2) is 48.6 Å². The number of ether oxygens (including phenoxy) is 3. The molecule has 0 radical (unpaired) electrons. The van der Waals surface area contributed by atoms with Gasteiger partial charge in [0, 0.05) is 18.9 Å². The second-order valence-electron chi connectivity index (χ2n) is 7.35. The fourth-order valence-electron chi connectivity index (χ4n) is 3.07. The van der Waals surface area contributed by atoms with Crippen LogP contribution in [0.15, 0.2) is 78.5 Å². The molecule has 11 nitrogen and oxygen atoms in total. The maximum Gasteiger partial charge on any atom is 0.263 e. The molecule has 37 heavy (non-hydrogen) atoms. The Labute approximate surface area is 214 Å². The number of nitrogens with zero attached hydrogens (tertiary/aromatic N) is 4. The van der Waals surface area contributed by atoms with E-state index in [1.165, 1.54) is 25.6 Å². The zero-order valence-corrected chi connectivity index (χ0v) is 20.6. The van der Waals surface area contributed by atoms with E-state index in [0.29, 0.717) is 11.3 Å². The lowest BCUT2D eigenvalue weighted by molar-refractivity contribution is 0.296. The standard InChI is InChI=1S/C25H24N6O5S/c1-34-19-10-5-6-11-20(19)36-21-22(31-37(32,33)17-12-18-8-3-2-4-9-18)29-24(23-27-14-7-15-28-23)30-25(21)35-16-13-26/h2-12,14-15,17H,13,16,26H2,1H3,(H,29,30,31)/b17-12+. The van der Waals surface area contributed by atoms with E-state index in [4.69, 9.17) is 19.9 Å². The van der Waals surface area contributed by atoms with Crippen molar-refractivity contribution in [3.8, 4) is 34.8 Å². The molecule has 4 rings (SSSR count). The predicted octanol–water partition coefficient (Wildman–Crippen LogP) is 3.48. The third-order valence-corrected chi connectivity index (χ3v) is 5.69. The molecule has 0 aliphatic heterocycles. The van der Waals surface area contributed by atoms with E-state index >= 15 is 0 Å². The molecule has 0 bridgehead atoms. The number of rotatable bonds is 11. The highest BCUT2D eigenvalue weighted by Gasteiger charge is 2.24. The van der Waals surface area contributed by atoms with Gasteiger partial charge in [-0.05, 0) is 29.8 Å². The van der Waals surface area contributed by atoms with Crippen LogP contribution < -0.4 is 24.7 Å². The third kappa shape index (κ3) is 6.78. The number of nitrogens with two attached hydrogens (primary N) is 1. The summed E-state index contributed by atoms with van der Waals surface area (Å²) in [6.45, 7) is 0.255. The van der Waals surface area contributed by atoms with E-state index in [2.05, 4.69) is 24.7 Å². The van der Waals surface area contributed by atoms with Crippen molar-refractivity contribution >= 4 is 21.9 Å². The largest absolute Gasteiger partial charge is 0.493 e. The molecule has 0 saturated heterocycles. The minimum Gasteiger partial charge on any atom is -0.493 e. The number of hydrogen-bond donors (Lipinski definition) is 2. The molecule has 0 saturated carbocycles. The Kier molecular flexibility index (Phi) is 8.23. The highest BCUT2D eigenvalue weighted by molar-refractivity contribution is 7.95. The van der Waals surface area contributed by atoms with Crippen LogP contribution >= 0.6 is 0 Å². The molecule has 0 aliphatic rings. The second-order valence-corrected chi connectivity index (χ2v) is 8.92. The van der Waals surface area contributed by atoms with Gasteiger partial charge in [-0.15, -0.1) is 0 Å². The lowest BCUT2D eigenvalue weighted by atomic mass is 10.2. The van der Waals surface area contributed by atoms with Crippen molar-refractivity contribution in [3.05, 3.63) is 84.0 Å². The van der Waals surface area contributed by atoms with Crippen molar-refractivity contribution in [1.82, 2.24) is 19.9 Å². The zero-order valence-electron chi connectivity index (χ0n) is 19.8. The topological polar surface area (TPSA) is 151 Å². The van der Waals surface area contributed by atoms with Crippen molar-refractivity contribution in [1.29, 1.82) is 0 Å². The van der Waals surface area contributed by atoms with Crippen LogP contribution in [-0.2, 0) is 10.0 Å². The Morgan fingerprint density at radius 1 is 0.919 bits per heavy atom. The molecule has 190 valence electrons. The number of para-hydroxylation sites is 2. The number of benzene rings is 2. The Morgan fingerprint density at radius 3 is 2.32 bits per heavy atom. The SMILES string of the molecule is COc1ccccc1Oc1c(NS(=O)(=O)/C=C/c2ccccc2)nc(-c2ncccn2)nc1OCCN. The molecule has 3 N–H and O–H groups in total. The van der Waals surface area contributed by atoms with Gasteiger partial charge in [0.05, 0.1) is 12.5 Å². The fourth-order valence-corrected chi connectivity index (χ4v) is 3.89. The van der Waals surface area contributed by atoms with Crippen LogP contribution in [0.2, 0.25) is 0 Å². The minimum absolute atomic E-state index is 0.0183. The van der Waals surface area contributed by atoms with Crippen LogP contribution in [0.4, 0.5) is 5.82 Å². The molecule has 0 amide bonds. The summed E-state index contributed by atoms with van der Waals surface area (Å²) in [5, 5.41) is 1.02. The summed E-state index contributed by atoms with van der Waals surface area (Å²) in [4.78, 5) is 17.1. The number of aromatic nitrogens is 4. The molecule has 0 aliphatic carbocycles. The van der Waals surface area contributed by atoms with Gasteiger partial charge in [0.15, 0.2) is 23.1 Å². The lowest BCUT2D eigenvalue weighted by Gasteiger charge is -2.17. The molecule has 4 aromatic rings. The molecular formula is C25H24N6O5S. The summed E-state index contributed by atoms with van der Waals surface area (Å²) in [6.07, 6.45) is 4.48. The van der Waals surface area contributed by atoms with Gasteiger partial charge >= 0.3 is 0 Å². The Hall–Kier alpha value is -4.55. The van der Waals surface area contributed by atoms with Crippen LogP contribution in [0.25, 0.3) is 17.7 Å². The van der Waals surface area contributed by atoms with Gasteiger partial charge in [-0.25, -0.2) is 23.4 Å². The Morgan fingerprint density at radius 2 is 1.62 bits per heavy atom. The van der Waals surface area contributed by atoms with E-state index in [0.717, 1.165) is 5.41 Å². The lowest BCUT2D eigenvalue weighted by Crippen LogP contribution is -2.16. The maximum atomic E-state index is 13.0. The quantitative estimate of drug-likeness (QED) is 0.301. The molecule has 2 heterocycles. The summed E-state index contributed by atoms with van der Waals surface area (Å²) < 4.78 is 45.7. The van der Waals surface area contributed by atoms with Gasteiger partial charge in [-0.2, -0.15) is 4.98 Å². The molecule has 2 aromatic heterocycles.